The van der Waals surface area contributed by atoms with Gasteiger partial charge in [-0.05, 0) is 43.2 Å². The monoisotopic (exact) mass is 394 g/mol. The minimum atomic E-state index is -0.782. The van der Waals surface area contributed by atoms with Gasteiger partial charge >= 0.3 is 0 Å². The molecule has 0 aliphatic carbocycles. The molecule has 1 heterocycles. The summed E-state index contributed by atoms with van der Waals surface area (Å²) in [5.74, 6) is 1.73. The molecule has 152 valence electrons. The lowest BCUT2D eigenvalue weighted by molar-refractivity contribution is -0.130. The van der Waals surface area contributed by atoms with Crippen molar-refractivity contribution in [3.05, 3.63) is 71.1 Å². The second kappa shape index (κ2) is 8.92. The van der Waals surface area contributed by atoms with Gasteiger partial charge in [-0.25, -0.2) is 4.98 Å². The minimum Gasteiger partial charge on any atom is -0.497 e. The van der Waals surface area contributed by atoms with Crippen molar-refractivity contribution >= 4 is 5.91 Å². The Labute approximate surface area is 170 Å². The van der Waals surface area contributed by atoms with Gasteiger partial charge in [-0.3, -0.25) is 4.79 Å². The number of carbonyl (C=O) groups is 1. The summed E-state index contributed by atoms with van der Waals surface area (Å²) in [6.07, 6.45) is -0.664. The zero-order chi connectivity index (χ0) is 21.0. The van der Waals surface area contributed by atoms with E-state index in [1.165, 1.54) is 4.90 Å². The number of aliphatic hydroxyl groups is 1. The number of hydrogen-bond acceptors (Lipinski definition) is 5. The molecule has 0 radical (unpaired) electrons. The van der Waals surface area contributed by atoms with Gasteiger partial charge in [0.2, 0.25) is 11.8 Å². The van der Waals surface area contributed by atoms with Crippen LogP contribution in [0.4, 0.5) is 0 Å². The first-order valence-electron chi connectivity index (χ1n) is 9.47. The molecule has 0 aliphatic heterocycles. The van der Waals surface area contributed by atoms with Crippen molar-refractivity contribution in [2.75, 3.05) is 20.7 Å². The van der Waals surface area contributed by atoms with Gasteiger partial charge in [0.25, 0.3) is 0 Å². The third-order valence-corrected chi connectivity index (χ3v) is 4.96. The molecule has 0 bridgehead atoms. The normalized spacial score (nSPS) is 11.9. The Balaban J connectivity index is 1.65. The van der Waals surface area contributed by atoms with Gasteiger partial charge in [-0.15, -0.1) is 0 Å². The third-order valence-electron chi connectivity index (χ3n) is 4.96. The summed E-state index contributed by atoms with van der Waals surface area (Å²) in [5.41, 5.74) is 3.31. The van der Waals surface area contributed by atoms with Gasteiger partial charge in [0.15, 0.2) is 0 Å². The number of nitrogens with zero attached hydrogens (tertiary/aromatic N) is 2. The summed E-state index contributed by atoms with van der Waals surface area (Å²) in [5, 5.41) is 10.4. The molecule has 6 heteroatoms. The molecule has 3 aromatic rings. The Bertz CT molecular complexity index is 979. The standard InChI is InChI=1S/C23H26N2O4/c1-15-7-5-6-8-19(15)23-24-20(16(2)29-23)13-22(27)25(3)14-21(26)17-9-11-18(28-4)12-10-17/h5-12,21,26H,13-14H2,1-4H3. The van der Waals surface area contributed by atoms with Crippen molar-refractivity contribution in [2.45, 2.75) is 26.4 Å². The van der Waals surface area contributed by atoms with Crippen LogP contribution in [0, 0.1) is 13.8 Å². The zero-order valence-corrected chi connectivity index (χ0v) is 17.2. The van der Waals surface area contributed by atoms with Gasteiger partial charge in [0, 0.05) is 12.6 Å². The van der Waals surface area contributed by atoms with Crippen LogP contribution >= 0.6 is 0 Å². The fourth-order valence-electron chi connectivity index (χ4n) is 3.09. The molecule has 1 amide bonds. The molecule has 3 rings (SSSR count). The number of aromatic nitrogens is 1. The molecular weight excluding hydrogens is 368 g/mol. The van der Waals surface area contributed by atoms with Crippen molar-refractivity contribution in [1.82, 2.24) is 9.88 Å². The van der Waals surface area contributed by atoms with E-state index in [-0.39, 0.29) is 18.9 Å². The number of rotatable bonds is 7. The molecule has 1 unspecified atom stereocenters. The van der Waals surface area contributed by atoms with Crippen molar-refractivity contribution in [2.24, 2.45) is 0 Å². The van der Waals surface area contributed by atoms with Crippen molar-refractivity contribution < 1.29 is 19.1 Å². The van der Waals surface area contributed by atoms with Crippen LogP contribution in [-0.2, 0) is 11.2 Å². The summed E-state index contributed by atoms with van der Waals surface area (Å²) in [4.78, 5) is 18.7. The first-order chi connectivity index (χ1) is 13.9. The van der Waals surface area contributed by atoms with Crippen LogP contribution < -0.4 is 4.74 Å². The highest BCUT2D eigenvalue weighted by molar-refractivity contribution is 5.78. The van der Waals surface area contributed by atoms with Crippen molar-refractivity contribution in [3.63, 3.8) is 0 Å². The van der Waals surface area contributed by atoms with Crippen LogP contribution in [0.2, 0.25) is 0 Å². The second-order valence-corrected chi connectivity index (χ2v) is 7.08. The molecule has 0 saturated carbocycles. The third kappa shape index (κ3) is 4.84. The van der Waals surface area contributed by atoms with Crippen LogP contribution in [0.15, 0.2) is 52.9 Å². The van der Waals surface area contributed by atoms with E-state index in [1.807, 2.05) is 38.1 Å². The number of aliphatic hydroxyl groups excluding tert-OH is 1. The topological polar surface area (TPSA) is 75.8 Å². The number of likely N-dealkylation sites (N-methyl/N-ethyl adjacent to an activating group) is 1. The maximum absolute atomic E-state index is 12.7. The SMILES string of the molecule is COc1ccc(C(O)CN(C)C(=O)Cc2nc(-c3ccccc3C)oc2C)cc1. The number of benzene rings is 2. The second-order valence-electron chi connectivity index (χ2n) is 7.08. The number of aryl methyl sites for hydroxylation is 2. The first-order valence-corrected chi connectivity index (χ1v) is 9.47. The average Bonchev–Trinajstić information content (AvgIpc) is 3.08. The number of methoxy groups -OCH3 is 1. The minimum absolute atomic E-state index is 0.118. The largest absolute Gasteiger partial charge is 0.497 e. The molecule has 1 N–H and O–H groups in total. The molecule has 0 spiro atoms. The highest BCUT2D eigenvalue weighted by Gasteiger charge is 2.20. The average molecular weight is 394 g/mol. The highest BCUT2D eigenvalue weighted by atomic mass is 16.5. The summed E-state index contributed by atoms with van der Waals surface area (Å²) < 4.78 is 10.9. The number of amides is 1. The van der Waals surface area contributed by atoms with Crippen LogP contribution in [0.1, 0.15) is 28.7 Å². The summed E-state index contributed by atoms with van der Waals surface area (Å²) in [6, 6.07) is 15.0. The number of hydrogen-bond donors (Lipinski definition) is 1. The van der Waals surface area contributed by atoms with Gasteiger partial charge < -0.3 is 19.2 Å². The molecule has 1 atom stereocenters. The predicted octanol–water partition coefficient (Wildman–Crippen LogP) is 3.70. The maximum Gasteiger partial charge on any atom is 0.228 e. The predicted molar refractivity (Wildman–Crippen MR) is 111 cm³/mol. The maximum atomic E-state index is 12.7. The fraction of sp³-hybridized carbons (Fsp3) is 0.304. The van der Waals surface area contributed by atoms with E-state index in [9.17, 15) is 9.90 Å². The smallest absolute Gasteiger partial charge is 0.228 e. The fourth-order valence-corrected chi connectivity index (χ4v) is 3.09. The number of carbonyl (C=O) groups excluding carboxylic acids is 1. The van der Waals surface area contributed by atoms with Gasteiger partial charge in [0.05, 0.1) is 31.9 Å². The lowest BCUT2D eigenvalue weighted by Gasteiger charge is -2.21. The summed E-state index contributed by atoms with van der Waals surface area (Å²) in [6.45, 7) is 3.99. The Morgan fingerprint density at radius 2 is 1.86 bits per heavy atom. The van der Waals surface area contributed by atoms with Crippen LogP contribution in [0.25, 0.3) is 11.5 Å². The van der Waals surface area contributed by atoms with E-state index in [2.05, 4.69) is 4.98 Å². The van der Waals surface area contributed by atoms with E-state index >= 15 is 0 Å². The molecule has 1 aromatic heterocycles. The molecule has 0 aliphatic rings. The van der Waals surface area contributed by atoms with E-state index in [0.717, 1.165) is 22.4 Å². The molecule has 0 fully saturated rings. The van der Waals surface area contributed by atoms with Gasteiger partial charge in [-0.1, -0.05) is 30.3 Å². The lowest BCUT2D eigenvalue weighted by atomic mass is 10.1. The number of ether oxygens (including phenoxy) is 1. The molecule has 29 heavy (non-hydrogen) atoms. The zero-order valence-electron chi connectivity index (χ0n) is 17.2. The van der Waals surface area contributed by atoms with E-state index in [0.29, 0.717) is 17.3 Å². The Morgan fingerprint density at radius 3 is 2.52 bits per heavy atom. The van der Waals surface area contributed by atoms with Crippen molar-refractivity contribution in [1.29, 1.82) is 0 Å². The molecular formula is C23H26N2O4. The van der Waals surface area contributed by atoms with E-state index in [4.69, 9.17) is 9.15 Å². The first kappa shape index (κ1) is 20.6. The Kier molecular flexibility index (Phi) is 6.34. The van der Waals surface area contributed by atoms with Crippen LogP contribution in [0.3, 0.4) is 0 Å². The van der Waals surface area contributed by atoms with Gasteiger partial charge in [-0.2, -0.15) is 0 Å². The van der Waals surface area contributed by atoms with E-state index < -0.39 is 6.10 Å². The highest BCUT2D eigenvalue weighted by Crippen LogP contribution is 2.25. The Morgan fingerprint density at radius 1 is 1.17 bits per heavy atom. The molecule has 6 nitrogen and oxygen atoms in total. The summed E-state index contributed by atoms with van der Waals surface area (Å²) in [7, 11) is 3.26. The number of oxazole rings is 1. The summed E-state index contributed by atoms with van der Waals surface area (Å²) >= 11 is 0. The quantitative estimate of drug-likeness (QED) is 0.661. The molecule has 2 aromatic carbocycles. The Hall–Kier alpha value is -3.12. The van der Waals surface area contributed by atoms with Gasteiger partial charge in [0.1, 0.15) is 11.5 Å². The lowest BCUT2D eigenvalue weighted by Crippen LogP contribution is -2.32. The van der Waals surface area contributed by atoms with Crippen LogP contribution in [0.5, 0.6) is 5.75 Å². The van der Waals surface area contributed by atoms with Crippen LogP contribution in [-0.4, -0.2) is 41.6 Å². The van der Waals surface area contributed by atoms with Crippen molar-refractivity contribution in [3.8, 4) is 17.2 Å². The molecule has 0 saturated heterocycles. The van der Waals surface area contributed by atoms with E-state index in [1.54, 1.807) is 38.4 Å².